The molecule has 0 aliphatic heterocycles. The Morgan fingerprint density at radius 3 is 2.67 bits per heavy atom. The van der Waals surface area contributed by atoms with Crippen molar-refractivity contribution in [2.24, 2.45) is 0 Å². The van der Waals surface area contributed by atoms with Crippen molar-refractivity contribution in [1.29, 1.82) is 0 Å². The first-order valence-electron chi connectivity index (χ1n) is 6.32. The molecule has 110 valence electrons. The zero-order valence-electron chi connectivity index (χ0n) is 11.3. The summed E-state index contributed by atoms with van der Waals surface area (Å²) in [5.74, 6) is -2.15. The van der Waals surface area contributed by atoms with Gasteiger partial charge in [-0.2, -0.15) is 0 Å². The molecule has 0 spiro atoms. The van der Waals surface area contributed by atoms with Crippen LogP contribution in [-0.2, 0) is 11.2 Å². The summed E-state index contributed by atoms with van der Waals surface area (Å²) < 4.78 is 18.6. The molecule has 3 nitrogen and oxygen atoms in total. The molecule has 2 aromatic rings. The van der Waals surface area contributed by atoms with Gasteiger partial charge in [-0.15, -0.1) is 0 Å². The van der Waals surface area contributed by atoms with Gasteiger partial charge in [0.1, 0.15) is 11.6 Å². The number of aliphatic carboxylic acids is 1. The molecule has 0 bridgehead atoms. The lowest BCUT2D eigenvalue weighted by Crippen LogP contribution is -2.16. The van der Waals surface area contributed by atoms with Crippen molar-refractivity contribution in [3.8, 4) is 5.75 Å². The smallest absolute Gasteiger partial charge is 0.311 e. The molecule has 1 unspecified atom stereocenters. The summed E-state index contributed by atoms with van der Waals surface area (Å²) in [7, 11) is 1.42. The van der Waals surface area contributed by atoms with Gasteiger partial charge in [-0.3, -0.25) is 4.79 Å². The quantitative estimate of drug-likeness (QED) is 0.911. The van der Waals surface area contributed by atoms with Crippen LogP contribution in [0.3, 0.4) is 0 Å². The molecule has 5 heteroatoms. The Bertz CT molecular complexity index is 658. The molecule has 0 amide bonds. The predicted molar refractivity (Wildman–Crippen MR) is 78.5 cm³/mol. The summed E-state index contributed by atoms with van der Waals surface area (Å²) in [6, 6.07) is 10.8. The minimum atomic E-state index is -1.06. The summed E-state index contributed by atoms with van der Waals surface area (Å²) in [6.45, 7) is 0. The number of carboxylic acid groups (broad SMARTS) is 1. The highest BCUT2D eigenvalue weighted by Crippen LogP contribution is 2.32. The molecule has 0 heterocycles. The molecule has 0 saturated heterocycles. The van der Waals surface area contributed by atoms with Gasteiger partial charge in [0.15, 0.2) is 0 Å². The van der Waals surface area contributed by atoms with Crippen LogP contribution in [0.5, 0.6) is 5.75 Å². The highest BCUT2D eigenvalue weighted by atomic mass is 35.5. The maximum Gasteiger partial charge on any atom is 0.311 e. The molecule has 1 N–H and O–H groups in total. The molecule has 21 heavy (non-hydrogen) atoms. The largest absolute Gasteiger partial charge is 0.496 e. The van der Waals surface area contributed by atoms with E-state index in [4.69, 9.17) is 16.3 Å². The first kappa shape index (κ1) is 15.3. The highest BCUT2D eigenvalue weighted by molar-refractivity contribution is 6.31. The van der Waals surface area contributed by atoms with Gasteiger partial charge in [0, 0.05) is 10.6 Å². The van der Waals surface area contributed by atoms with Gasteiger partial charge < -0.3 is 9.84 Å². The van der Waals surface area contributed by atoms with Crippen LogP contribution in [-0.4, -0.2) is 18.2 Å². The number of benzene rings is 2. The zero-order chi connectivity index (χ0) is 15.4. The standard InChI is InChI=1S/C16H14ClFO3/c1-21-15-7-6-11(18)9-12(15)13(16(19)20)8-10-4-2-3-5-14(10)17/h2-7,9,13H,8H2,1H3,(H,19,20). The maximum absolute atomic E-state index is 13.5. The summed E-state index contributed by atoms with van der Waals surface area (Å²) in [5, 5.41) is 9.95. The van der Waals surface area contributed by atoms with Crippen LogP contribution >= 0.6 is 11.6 Å². The number of carboxylic acids is 1. The van der Waals surface area contributed by atoms with E-state index in [0.717, 1.165) is 0 Å². The van der Waals surface area contributed by atoms with Crippen molar-refractivity contribution in [2.75, 3.05) is 7.11 Å². The molecule has 2 rings (SSSR count). The van der Waals surface area contributed by atoms with Gasteiger partial charge in [0.2, 0.25) is 0 Å². The lowest BCUT2D eigenvalue weighted by atomic mass is 9.91. The van der Waals surface area contributed by atoms with Gasteiger partial charge in [-0.05, 0) is 36.2 Å². The van der Waals surface area contributed by atoms with E-state index in [9.17, 15) is 14.3 Å². The second-order valence-electron chi connectivity index (χ2n) is 4.57. The average molecular weight is 309 g/mol. The SMILES string of the molecule is COc1ccc(F)cc1C(Cc1ccccc1Cl)C(=O)O. The highest BCUT2D eigenvalue weighted by Gasteiger charge is 2.25. The number of carbonyl (C=O) groups is 1. The number of methoxy groups -OCH3 is 1. The normalized spacial score (nSPS) is 12.0. The molecule has 2 aromatic carbocycles. The average Bonchev–Trinajstić information content (AvgIpc) is 2.46. The van der Waals surface area contributed by atoms with Crippen LogP contribution in [0.25, 0.3) is 0 Å². The van der Waals surface area contributed by atoms with Crippen LogP contribution in [0.2, 0.25) is 5.02 Å². The Balaban J connectivity index is 2.43. The Hall–Kier alpha value is -2.07. The summed E-state index contributed by atoms with van der Waals surface area (Å²) in [5.41, 5.74) is 0.989. The Kier molecular flexibility index (Phi) is 4.81. The van der Waals surface area contributed by atoms with Crippen molar-refractivity contribution in [3.05, 3.63) is 64.4 Å². The number of hydrogen-bond acceptors (Lipinski definition) is 2. The molecule has 0 radical (unpaired) electrons. The summed E-state index contributed by atoms with van der Waals surface area (Å²) >= 11 is 6.07. The summed E-state index contributed by atoms with van der Waals surface area (Å²) in [4.78, 5) is 11.6. The first-order chi connectivity index (χ1) is 10.0. The van der Waals surface area contributed by atoms with Crippen LogP contribution in [0.4, 0.5) is 4.39 Å². The predicted octanol–water partition coefficient (Wildman–Crippen LogP) is 3.90. The molecular weight excluding hydrogens is 295 g/mol. The van der Waals surface area contributed by atoms with E-state index < -0.39 is 17.7 Å². The molecular formula is C16H14ClFO3. The lowest BCUT2D eigenvalue weighted by molar-refractivity contribution is -0.138. The van der Waals surface area contributed by atoms with E-state index in [-0.39, 0.29) is 6.42 Å². The molecule has 0 aliphatic rings. The fraction of sp³-hybridized carbons (Fsp3) is 0.188. The Labute approximate surface area is 126 Å². The zero-order valence-corrected chi connectivity index (χ0v) is 12.1. The van der Waals surface area contributed by atoms with Crippen molar-refractivity contribution < 1.29 is 19.0 Å². The van der Waals surface area contributed by atoms with Gasteiger partial charge in [-0.25, -0.2) is 4.39 Å². The minimum Gasteiger partial charge on any atom is -0.496 e. The van der Waals surface area contributed by atoms with Crippen LogP contribution in [0, 0.1) is 5.82 Å². The van der Waals surface area contributed by atoms with Crippen LogP contribution in [0.1, 0.15) is 17.0 Å². The fourth-order valence-electron chi connectivity index (χ4n) is 2.19. The number of ether oxygens (including phenoxy) is 1. The molecule has 0 fully saturated rings. The van der Waals surface area contributed by atoms with Crippen LogP contribution < -0.4 is 4.74 Å². The lowest BCUT2D eigenvalue weighted by Gasteiger charge is -2.17. The van der Waals surface area contributed by atoms with Gasteiger partial charge in [0.05, 0.1) is 13.0 Å². The van der Waals surface area contributed by atoms with E-state index in [1.165, 1.54) is 25.3 Å². The molecule has 0 saturated carbocycles. The van der Waals surface area contributed by atoms with Crippen molar-refractivity contribution >= 4 is 17.6 Å². The molecule has 1 atom stereocenters. The van der Waals surface area contributed by atoms with Gasteiger partial charge >= 0.3 is 5.97 Å². The van der Waals surface area contributed by atoms with E-state index in [1.54, 1.807) is 24.3 Å². The third-order valence-corrected chi connectivity index (χ3v) is 3.62. The van der Waals surface area contributed by atoms with E-state index in [0.29, 0.717) is 21.9 Å². The Morgan fingerprint density at radius 1 is 1.33 bits per heavy atom. The monoisotopic (exact) mass is 308 g/mol. The number of rotatable bonds is 5. The topological polar surface area (TPSA) is 46.5 Å². The third-order valence-electron chi connectivity index (χ3n) is 3.25. The van der Waals surface area contributed by atoms with Gasteiger partial charge in [0.25, 0.3) is 0 Å². The Morgan fingerprint density at radius 2 is 2.05 bits per heavy atom. The fourth-order valence-corrected chi connectivity index (χ4v) is 2.40. The number of hydrogen-bond donors (Lipinski definition) is 1. The van der Waals surface area contributed by atoms with Crippen LogP contribution in [0.15, 0.2) is 42.5 Å². The van der Waals surface area contributed by atoms with E-state index in [2.05, 4.69) is 0 Å². The second-order valence-corrected chi connectivity index (χ2v) is 4.98. The minimum absolute atomic E-state index is 0.162. The number of halogens is 2. The maximum atomic E-state index is 13.5. The second kappa shape index (κ2) is 6.59. The van der Waals surface area contributed by atoms with E-state index in [1.807, 2.05) is 0 Å². The third kappa shape index (κ3) is 3.52. The van der Waals surface area contributed by atoms with Crippen molar-refractivity contribution in [3.63, 3.8) is 0 Å². The first-order valence-corrected chi connectivity index (χ1v) is 6.70. The van der Waals surface area contributed by atoms with E-state index >= 15 is 0 Å². The van der Waals surface area contributed by atoms with Crippen molar-refractivity contribution in [2.45, 2.75) is 12.3 Å². The summed E-state index contributed by atoms with van der Waals surface area (Å²) in [6.07, 6.45) is 0.162. The van der Waals surface area contributed by atoms with Gasteiger partial charge in [-0.1, -0.05) is 29.8 Å². The molecule has 0 aromatic heterocycles. The molecule has 0 aliphatic carbocycles. The van der Waals surface area contributed by atoms with Crippen molar-refractivity contribution in [1.82, 2.24) is 0 Å².